The van der Waals surface area contributed by atoms with Crippen LogP contribution in [0, 0.1) is 0 Å². The molecular weight excluding hydrogens is 242 g/mol. The fourth-order valence-corrected chi connectivity index (χ4v) is 1.83. The smallest absolute Gasteiger partial charge is 0.127 e. The molecule has 0 spiro atoms. The molecule has 0 aromatic heterocycles. The first-order chi connectivity index (χ1) is 9.22. The SMILES string of the molecule is CCCNC(C)c1ccc(OC)cc1OCCOC. The van der Waals surface area contributed by atoms with Crippen LogP contribution in [0.4, 0.5) is 0 Å². The molecule has 1 atom stereocenters. The van der Waals surface area contributed by atoms with Crippen molar-refractivity contribution in [1.29, 1.82) is 0 Å². The second kappa shape index (κ2) is 8.77. The number of benzene rings is 1. The molecule has 1 aromatic carbocycles. The summed E-state index contributed by atoms with van der Waals surface area (Å²) in [6, 6.07) is 6.19. The Bertz CT molecular complexity index is 368. The van der Waals surface area contributed by atoms with Crippen molar-refractivity contribution >= 4 is 0 Å². The Balaban J connectivity index is 2.81. The average Bonchev–Trinajstić information content (AvgIpc) is 2.44. The zero-order valence-corrected chi connectivity index (χ0v) is 12.4. The summed E-state index contributed by atoms with van der Waals surface area (Å²) in [6.07, 6.45) is 1.11. The molecule has 4 heteroatoms. The number of hydrogen-bond acceptors (Lipinski definition) is 4. The topological polar surface area (TPSA) is 39.7 Å². The highest BCUT2D eigenvalue weighted by molar-refractivity contribution is 5.42. The summed E-state index contributed by atoms with van der Waals surface area (Å²) < 4.78 is 16.0. The zero-order valence-electron chi connectivity index (χ0n) is 12.4. The minimum Gasteiger partial charge on any atom is -0.497 e. The van der Waals surface area contributed by atoms with Crippen LogP contribution in [0.15, 0.2) is 18.2 Å². The van der Waals surface area contributed by atoms with Gasteiger partial charge in [-0.15, -0.1) is 0 Å². The van der Waals surface area contributed by atoms with Gasteiger partial charge in [-0.05, 0) is 26.0 Å². The van der Waals surface area contributed by atoms with Crippen LogP contribution < -0.4 is 14.8 Å². The van der Waals surface area contributed by atoms with Crippen molar-refractivity contribution in [3.8, 4) is 11.5 Å². The normalized spacial score (nSPS) is 12.2. The van der Waals surface area contributed by atoms with Crippen LogP contribution in [0.3, 0.4) is 0 Å². The van der Waals surface area contributed by atoms with E-state index in [2.05, 4.69) is 19.2 Å². The van der Waals surface area contributed by atoms with Crippen molar-refractivity contribution < 1.29 is 14.2 Å². The predicted molar refractivity (Wildman–Crippen MR) is 77.1 cm³/mol. The molecular formula is C15H25NO3. The molecule has 1 unspecified atom stereocenters. The molecule has 0 amide bonds. The molecule has 0 aliphatic rings. The molecule has 19 heavy (non-hydrogen) atoms. The molecule has 0 fully saturated rings. The van der Waals surface area contributed by atoms with Crippen LogP contribution in [-0.4, -0.2) is 34.0 Å². The van der Waals surface area contributed by atoms with Gasteiger partial charge in [0.1, 0.15) is 18.1 Å². The number of methoxy groups -OCH3 is 2. The van der Waals surface area contributed by atoms with Gasteiger partial charge in [0.05, 0.1) is 13.7 Å². The molecule has 0 radical (unpaired) electrons. The lowest BCUT2D eigenvalue weighted by molar-refractivity contribution is 0.145. The maximum atomic E-state index is 5.78. The van der Waals surface area contributed by atoms with Crippen molar-refractivity contribution in [1.82, 2.24) is 5.32 Å². The second-order valence-corrected chi connectivity index (χ2v) is 4.42. The van der Waals surface area contributed by atoms with Gasteiger partial charge in [-0.3, -0.25) is 0 Å². The van der Waals surface area contributed by atoms with Crippen molar-refractivity contribution in [3.63, 3.8) is 0 Å². The molecule has 1 N–H and O–H groups in total. The van der Waals surface area contributed by atoms with E-state index in [1.165, 1.54) is 0 Å². The highest BCUT2D eigenvalue weighted by atomic mass is 16.5. The van der Waals surface area contributed by atoms with E-state index in [1.807, 2.05) is 18.2 Å². The maximum Gasteiger partial charge on any atom is 0.127 e. The molecule has 0 saturated carbocycles. The Labute approximate surface area is 116 Å². The van der Waals surface area contributed by atoms with Gasteiger partial charge in [-0.25, -0.2) is 0 Å². The molecule has 0 bridgehead atoms. The summed E-state index contributed by atoms with van der Waals surface area (Å²) >= 11 is 0. The van der Waals surface area contributed by atoms with Crippen molar-refractivity contribution in [2.75, 3.05) is 34.0 Å². The molecule has 0 heterocycles. The standard InChI is InChI=1S/C15H25NO3/c1-5-8-16-12(2)14-7-6-13(18-4)11-15(14)19-10-9-17-3/h6-7,11-12,16H,5,8-10H2,1-4H3. The van der Waals surface area contributed by atoms with Gasteiger partial charge >= 0.3 is 0 Å². The molecule has 1 aromatic rings. The summed E-state index contributed by atoms with van der Waals surface area (Å²) in [7, 11) is 3.33. The van der Waals surface area contributed by atoms with E-state index in [4.69, 9.17) is 14.2 Å². The molecule has 0 aliphatic heterocycles. The molecule has 4 nitrogen and oxygen atoms in total. The number of nitrogens with one attached hydrogen (secondary N) is 1. The minimum absolute atomic E-state index is 0.253. The Morgan fingerprint density at radius 3 is 2.63 bits per heavy atom. The molecule has 0 saturated heterocycles. The van der Waals surface area contributed by atoms with Gasteiger partial charge in [0, 0.05) is 24.8 Å². The lowest BCUT2D eigenvalue weighted by Crippen LogP contribution is -2.20. The summed E-state index contributed by atoms with van der Waals surface area (Å²) in [4.78, 5) is 0. The first kappa shape index (κ1) is 15.8. The van der Waals surface area contributed by atoms with E-state index in [1.54, 1.807) is 14.2 Å². The third-order valence-electron chi connectivity index (χ3n) is 2.93. The van der Waals surface area contributed by atoms with Crippen molar-refractivity contribution in [3.05, 3.63) is 23.8 Å². The van der Waals surface area contributed by atoms with Crippen molar-refractivity contribution in [2.24, 2.45) is 0 Å². The largest absolute Gasteiger partial charge is 0.497 e. The highest BCUT2D eigenvalue weighted by Gasteiger charge is 2.12. The van der Waals surface area contributed by atoms with Gasteiger partial charge in [-0.2, -0.15) is 0 Å². The average molecular weight is 267 g/mol. The van der Waals surface area contributed by atoms with Crippen LogP contribution in [-0.2, 0) is 4.74 Å². The Kier molecular flexibility index (Phi) is 7.30. The van der Waals surface area contributed by atoms with E-state index >= 15 is 0 Å². The third kappa shape index (κ3) is 5.09. The molecule has 0 aliphatic carbocycles. The number of hydrogen-bond donors (Lipinski definition) is 1. The van der Waals surface area contributed by atoms with Crippen molar-refractivity contribution in [2.45, 2.75) is 26.3 Å². The number of rotatable bonds is 9. The van der Waals surface area contributed by atoms with E-state index in [9.17, 15) is 0 Å². The molecule has 1 rings (SSSR count). The maximum absolute atomic E-state index is 5.78. The van der Waals surface area contributed by atoms with E-state index in [0.717, 1.165) is 30.0 Å². The van der Waals surface area contributed by atoms with Crippen LogP contribution in [0.25, 0.3) is 0 Å². The minimum atomic E-state index is 0.253. The lowest BCUT2D eigenvalue weighted by Gasteiger charge is -2.19. The lowest BCUT2D eigenvalue weighted by atomic mass is 10.1. The Morgan fingerprint density at radius 1 is 1.21 bits per heavy atom. The Morgan fingerprint density at radius 2 is 2.00 bits per heavy atom. The summed E-state index contributed by atoms with van der Waals surface area (Å²) in [5.74, 6) is 1.66. The van der Waals surface area contributed by atoms with Gasteiger partial charge in [0.25, 0.3) is 0 Å². The van der Waals surface area contributed by atoms with Gasteiger partial charge in [0.2, 0.25) is 0 Å². The van der Waals surface area contributed by atoms with Crippen LogP contribution >= 0.6 is 0 Å². The first-order valence-electron chi connectivity index (χ1n) is 6.76. The van der Waals surface area contributed by atoms with Crippen LogP contribution in [0.1, 0.15) is 31.9 Å². The van der Waals surface area contributed by atoms with E-state index in [-0.39, 0.29) is 6.04 Å². The Hall–Kier alpha value is -1.26. The monoisotopic (exact) mass is 267 g/mol. The highest BCUT2D eigenvalue weighted by Crippen LogP contribution is 2.29. The third-order valence-corrected chi connectivity index (χ3v) is 2.93. The van der Waals surface area contributed by atoms with E-state index in [0.29, 0.717) is 13.2 Å². The van der Waals surface area contributed by atoms with Crippen LogP contribution in [0.2, 0.25) is 0 Å². The van der Waals surface area contributed by atoms with Gasteiger partial charge in [-0.1, -0.05) is 13.0 Å². The van der Waals surface area contributed by atoms with Gasteiger partial charge < -0.3 is 19.5 Å². The summed E-state index contributed by atoms with van der Waals surface area (Å²) in [5.41, 5.74) is 1.14. The van der Waals surface area contributed by atoms with Gasteiger partial charge in [0.15, 0.2) is 0 Å². The quantitative estimate of drug-likeness (QED) is 0.698. The summed E-state index contributed by atoms with van der Waals surface area (Å²) in [6.45, 7) is 6.40. The number of ether oxygens (including phenoxy) is 3. The zero-order chi connectivity index (χ0) is 14.1. The summed E-state index contributed by atoms with van der Waals surface area (Å²) in [5, 5.41) is 3.46. The second-order valence-electron chi connectivity index (χ2n) is 4.42. The fourth-order valence-electron chi connectivity index (χ4n) is 1.83. The van der Waals surface area contributed by atoms with E-state index < -0.39 is 0 Å². The predicted octanol–water partition coefficient (Wildman–Crippen LogP) is 2.78. The first-order valence-corrected chi connectivity index (χ1v) is 6.76. The molecule has 108 valence electrons. The fraction of sp³-hybridized carbons (Fsp3) is 0.600. The van der Waals surface area contributed by atoms with Crippen LogP contribution in [0.5, 0.6) is 11.5 Å².